The van der Waals surface area contributed by atoms with E-state index in [9.17, 15) is 0 Å². The summed E-state index contributed by atoms with van der Waals surface area (Å²) >= 11 is 0. The summed E-state index contributed by atoms with van der Waals surface area (Å²) in [5.41, 5.74) is 10.0. The van der Waals surface area contributed by atoms with E-state index in [2.05, 4.69) is 29.2 Å². The molecular formula is C17H17ClN2O. The highest BCUT2D eigenvalue weighted by molar-refractivity contribution is 5.94. The lowest BCUT2D eigenvalue weighted by atomic mass is 10.00. The largest absolute Gasteiger partial charge is 0.497 e. The SMILES string of the molecule is COc1ccc2c(-c3ccc(CN)cc3)ccnc2c1.Cl. The van der Waals surface area contributed by atoms with Gasteiger partial charge in [-0.3, -0.25) is 4.98 Å². The fourth-order valence-corrected chi connectivity index (χ4v) is 2.33. The number of nitrogens with zero attached hydrogens (tertiary/aromatic N) is 1. The molecule has 0 fully saturated rings. The van der Waals surface area contributed by atoms with Crippen LogP contribution in [-0.2, 0) is 6.54 Å². The summed E-state index contributed by atoms with van der Waals surface area (Å²) in [5.74, 6) is 0.820. The van der Waals surface area contributed by atoms with Crippen LogP contribution in [0.2, 0.25) is 0 Å². The average Bonchev–Trinajstić information content (AvgIpc) is 2.54. The first-order valence-electron chi connectivity index (χ1n) is 6.54. The Hall–Kier alpha value is -2.10. The van der Waals surface area contributed by atoms with E-state index in [1.807, 2.05) is 30.5 Å². The number of halogens is 1. The summed E-state index contributed by atoms with van der Waals surface area (Å²) in [6.07, 6.45) is 1.83. The molecule has 21 heavy (non-hydrogen) atoms. The van der Waals surface area contributed by atoms with Crippen LogP contribution in [0, 0.1) is 0 Å². The van der Waals surface area contributed by atoms with Crippen molar-refractivity contribution in [2.24, 2.45) is 5.73 Å². The molecule has 0 bridgehead atoms. The van der Waals surface area contributed by atoms with Gasteiger partial charge in [-0.25, -0.2) is 0 Å². The fourth-order valence-electron chi connectivity index (χ4n) is 2.33. The van der Waals surface area contributed by atoms with Crippen molar-refractivity contribution in [3.05, 3.63) is 60.3 Å². The fraction of sp³-hybridized carbons (Fsp3) is 0.118. The summed E-state index contributed by atoms with van der Waals surface area (Å²) < 4.78 is 5.24. The van der Waals surface area contributed by atoms with Crippen molar-refractivity contribution in [2.75, 3.05) is 7.11 Å². The van der Waals surface area contributed by atoms with Gasteiger partial charge in [-0.15, -0.1) is 12.4 Å². The maximum absolute atomic E-state index is 5.64. The van der Waals surface area contributed by atoms with Crippen LogP contribution in [0.15, 0.2) is 54.7 Å². The summed E-state index contributed by atoms with van der Waals surface area (Å²) in [4.78, 5) is 4.41. The number of rotatable bonds is 3. The lowest BCUT2D eigenvalue weighted by molar-refractivity contribution is 0.415. The van der Waals surface area contributed by atoms with Crippen LogP contribution in [0.5, 0.6) is 5.75 Å². The van der Waals surface area contributed by atoms with Crippen LogP contribution in [0.3, 0.4) is 0 Å². The maximum Gasteiger partial charge on any atom is 0.121 e. The third-order valence-corrected chi connectivity index (χ3v) is 3.45. The maximum atomic E-state index is 5.64. The van der Waals surface area contributed by atoms with Gasteiger partial charge in [-0.2, -0.15) is 0 Å². The summed E-state index contributed by atoms with van der Waals surface area (Å²) in [6, 6.07) is 16.3. The number of hydrogen-bond donors (Lipinski definition) is 1. The predicted octanol–water partition coefficient (Wildman–Crippen LogP) is 3.79. The number of nitrogens with two attached hydrogens (primary N) is 1. The van der Waals surface area contributed by atoms with Crippen LogP contribution in [0.1, 0.15) is 5.56 Å². The topological polar surface area (TPSA) is 48.1 Å². The molecule has 0 aliphatic heterocycles. The highest BCUT2D eigenvalue weighted by Crippen LogP contribution is 2.29. The van der Waals surface area contributed by atoms with Gasteiger partial charge < -0.3 is 10.5 Å². The van der Waals surface area contributed by atoms with Crippen molar-refractivity contribution in [3.8, 4) is 16.9 Å². The molecule has 0 amide bonds. The third-order valence-electron chi connectivity index (χ3n) is 3.45. The Morgan fingerprint density at radius 1 is 1.05 bits per heavy atom. The van der Waals surface area contributed by atoms with Crippen LogP contribution in [0.25, 0.3) is 22.0 Å². The van der Waals surface area contributed by atoms with E-state index >= 15 is 0 Å². The zero-order valence-corrected chi connectivity index (χ0v) is 12.6. The number of methoxy groups -OCH3 is 1. The molecule has 3 rings (SSSR count). The normalized spacial score (nSPS) is 10.2. The second kappa shape index (κ2) is 6.57. The highest BCUT2D eigenvalue weighted by atomic mass is 35.5. The van der Waals surface area contributed by atoms with Crippen molar-refractivity contribution >= 4 is 23.3 Å². The first-order valence-corrected chi connectivity index (χ1v) is 6.54. The Balaban J connectivity index is 0.00000161. The molecule has 0 aliphatic rings. The molecule has 108 valence electrons. The van der Waals surface area contributed by atoms with Crippen LogP contribution >= 0.6 is 12.4 Å². The van der Waals surface area contributed by atoms with Crippen molar-refractivity contribution in [1.82, 2.24) is 4.98 Å². The van der Waals surface area contributed by atoms with Crippen molar-refractivity contribution in [1.29, 1.82) is 0 Å². The van der Waals surface area contributed by atoms with E-state index < -0.39 is 0 Å². The number of ether oxygens (including phenoxy) is 1. The van der Waals surface area contributed by atoms with E-state index in [0.717, 1.165) is 22.2 Å². The summed E-state index contributed by atoms with van der Waals surface area (Å²) in [7, 11) is 1.66. The standard InChI is InChI=1S/C17H16N2O.ClH/c1-20-14-6-7-16-15(8-9-19-17(16)10-14)13-4-2-12(11-18)3-5-13;/h2-10H,11,18H2,1H3;1H. The minimum absolute atomic E-state index is 0. The number of hydrogen-bond acceptors (Lipinski definition) is 3. The van der Waals surface area contributed by atoms with E-state index in [0.29, 0.717) is 6.54 Å². The summed E-state index contributed by atoms with van der Waals surface area (Å²) in [6.45, 7) is 0.564. The van der Waals surface area contributed by atoms with Gasteiger partial charge in [-0.05, 0) is 34.9 Å². The van der Waals surface area contributed by atoms with Gasteiger partial charge in [0.25, 0.3) is 0 Å². The highest BCUT2D eigenvalue weighted by Gasteiger charge is 2.05. The van der Waals surface area contributed by atoms with Gasteiger partial charge >= 0.3 is 0 Å². The molecule has 0 spiro atoms. The Kier molecular flexibility index (Phi) is 4.78. The van der Waals surface area contributed by atoms with Gasteiger partial charge in [-0.1, -0.05) is 24.3 Å². The second-order valence-corrected chi connectivity index (χ2v) is 4.64. The monoisotopic (exact) mass is 300 g/mol. The number of aromatic nitrogens is 1. The minimum Gasteiger partial charge on any atom is -0.497 e. The lowest BCUT2D eigenvalue weighted by Gasteiger charge is -2.08. The molecular weight excluding hydrogens is 284 g/mol. The van der Waals surface area contributed by atoms with E-state index in [-0.39, 0.29) is 12.4 Å². The molecule has 3 nitrogen and oxygen atoms in total. The second-order valence-electron chi connectivity index (χ2n) is 4.64. The zero-order chi connectivity index (χ0) is 13.9. The van der Waals surface area contributed by atoms with E-state index in [4.69, 9.17) is 10.5 Å². The average molecular weight is 301 g/mol. The molecule has 0 atom stereocenters. The summed E-state index contributed by atoms with van der Waals surface area (Å²) in [5, 5.41) is 1.12. The van der Waals surface area contributed by atoms with Gasteiger partial charge in [0.15, 0.2) is 0 Å². The molecule has 0 unspecified atom stereocenters. The van der Waals surface area contributed by atoms with Gasteiger partial charge in [0.1, 0.15) is 5.75 Å². The van der Waals surface area contributed by atoms with Crippen LogP contribution < -0.4 is 10.5 Å². The Morgan fingerprint density at radius 2 is 1.81 bits per heavy atom. The quantitative estimate of drug-likeness (QED) is 0.800. The first-order chi connectivity index (χ1) is 9.81. The van der Waals surface area contributed by atoms with Crippen LogP contribution in [-0.4, -0.2) is 12.1 Å². The predicted molar refractivity (Wildman–Crippen MR) is 88.9 cm³/mol. The van der Waals surface area contributed by atoms with E-state index in [1.54, 1.807) is 7.11 Å². The molecule has 2 N–H and O–H groups in total. The molecule has 1 heterocycles. The number of pyridine rings is 1. The Labute approximate surface area is 130 Å². The molecule has 0 radical (unpaired) electrons. The van der Waals surface area contributed by atoms with E-state index in [1.165, 1.54) is 11.1 Å². The molecule has 3 aromatic rings. The molecule has 1 aromatic heterocycles. The smallest absolute Gasteiger partial charge is 0.121 e. The number of fused-ring (bicyclic) bond motifs is 1. The molecule has 0 saturated carbocycles. The number of benzene rings is 2. The Bertz CT molecular complexity index is 741. The minimum atomic E-state index is 0. The molecule has 0 saturated heterocycles. The third kappa shape index (κ3) is 2.99. The molecule has 2 aromatic carbocycles. The molecule has 0 aliphatic carbocycles. The lowest BCUT2D eigenvalue weighted by Crippen LogP contribution is -1.95. The zero-order valence-electron chi connectivity index (χ0n) is 11.7. The first kappa shape index (κ1) is 15.3. The van der Waals surface area contributed by atoms with Gasteiger partial charge in [0.2, 0.25) is 0 Å². The van der Waals surface area contributed by atoms with Crippen molar-refractivity contribution < 1.29 is 4.74 Å². The molecule has 4 heteroatoms. The Morgan fingerprint density at radius 3 is 2.48 bits per heavy atom. The van der Waals surface area contributed by atoms with Gasteiger partial charge in [0, 0.05) is 24.2 Å². The van der Waals surface area contributed by atoms with Gasteiger partial charge in [0.05, 0.1) is 12.6 Å². The van der Waals surface area contributed by atoms with Crippen molar-refractivity contribution in [2.45, 2.75) is 6.54 Å². The van der Waals surface area contributed by atoms with Crippen LogP contribution in [0.4, 0.5) is 0 Å². The van der Waals surface area contributed by atoms with Crippen molar-refractivity contribution in [3.63, 3.8) is 0 Å².